The van der Waals surface area contributed by atoms with Crippen molar-refractivity contribution in [3.8, 4) is 0 Å². The molecule has 4 rings (SSSR count). The third kappa shape index (κ3) is 2.68. The van der Waals surface area contributed by atoms with E-state index >= 15 is 0 Å². The van der Waals surface area contributed by atoms with Crippen LogP contribution in [0.5, 0.6) is 0 Å². The van der Waals surface area contributed by atoms with Crippen molar-refractivity contribution in [2.75, 3.05) is 19.6 Å². The third-order valence-corrected chi connectivity index (χ3v) is 6.70. The number of pyridine rings is 1. The van der Waals surface area contributed by atoms with Crippen LogP contribution in [0.2, 0.25) is 0 Å². The Labute approximate surface area is 141 Å². The van der Waals surface area contributed by atoms with Crippen LogP contribution in [-0.2, 0) is 0 Å². The Kier molecular flexibility index (Phi) is 3.63. The monoisotopic (exact) mass is 413 g/mol. The van der Waals surface area contributed by atoms with Crippen molar-refractivity contribution in [2.45, 2.75) is 18.9 Å². The van der Waals surface area contributed by atoms with Gasteiger partial charge in [0, 0.05) is 39.7 Å². The molecule has 4 nitrogen and oxygen atoms in total. The lowest BCUT2D eigenvalue weighted by atomic mass is 9.97. The highest BCUT2D eigenvalue weighted by Gasteiger charge is 2.33. The summed E-state index contributed by atoms with van der Waals surface area (Å²) in [5.41, 5.74) is 0.534. The summed E-state index contributed by atoms with van der Waals surface area (Å²) < 4.78 is 2.32. The summed E-state index contributed by atoms with van der Waals surface area (Å²) in [4.78, 5) is 19.2. The number of carbonyl (C=O) groups excluding carboxylic acids is 1. The second-order valence-electron chi connectivity index (χ2n) is 5.97. The number of carbonyl (C=O) groups is 1. The number of halogens is 1. The lowest BCUT2D eigenvalue weighted by molar-refractivity contribution is 0.0904. The van der Waals surface area contributed by atoms with Crippen LogP contribution in [-0.4, -0.2) is 41.5 Å². The van der Waals surface area contributed by atoms with Gasteiger partial charge in [-0.15, -0.1) is 11.3 Å². The lowest BCUT2D eigenvalue weighted by Crippen LogP contribution is -2.47. The van der Waals surface area contributed by atoms with Crippen molar-refractivity contribution in [3.63, 3.8) is 0 Å². The van der Waals surface area contributed by atoms with E-state index in [1.807, 2.05) is 12.3 Å². The standard InChI is InChI=1S/C15H16IN3OS/c16-12-8-21-14-5-17-13(4-11(12)14)15(20)18-10-3-9-1-2-19(6-9)7-10/h4-5,8-10H,1-3,6-7H2,(H,18,20)/t9-,10+/m0/s1. The predicted molar refractivity (Wildman–Crippen MR) is 92.8 cm³/mol. The molecule has 4 heterocycles. The van der Waals surface area contributed by atoms with Crippen LogP contribution in [0.4, 0.5) is 0 Å². The SMILES string of the molecule is O=C(N[C@@H]1C[C@@H]2CCN(C2)C1)c1cc2c(I)csc2cn1. The van der Waals surface area contributed by atoms with Crippen molar-refractivity contribution in [1.82, 2.24) is 15.2 Å². The molecule has 2 saturated heterocycles. The number of amides is 1. The van der Waals surface area contributed by atoms with E-state index in [2.05, 4.69) is 43.2 Å². The van der Waals surface area contributed by atoms with E-state index in [1.165, 1.54) is 23.1 Å². The Morgan fingerprint density at radius 3 is 3.24 bits per heavy atom. The molecule has 0 saturated carbocycles. The highest BCUT2D eigenvalue weighted by atomic mass is 127. The van der Waals surface area contributed by atoms with Crippen molar-refractivity contribution >= 4 is 49.9 Å². The van der Waals surface area contributed by atoms with Gasteiger partial charge in [0.25, 0.3) is 5.91 Å². The molecule has 1 unspecified atom stereocenters. The highest BCUT2D eigenvalue weighted by Crippen LogP contribution is 2.28. The van der Waals surface area contributed by atoms with Gasteiger partial charge in [-0.3, -0.25) is 4.79 Å². The number of piperidine rings is 1. The van der Waals surface area contributed by atoms with Gasteiger partial charge < -0.3 is 10.2 Å². The number of aromatic nitrogens is 1. The molecule has 2 bridgehead atoms. The first-order valence-electron chi connectivity index (χ1n) is 7.25. The van der Waals surface area contributed by atoms with Gasteiger partial charge in [0.15, 0.2) is 0 Å². The van der Waals surface area contributed by atoms with E-state index in [9.17, 15) is 4.79 Å². The maximum absolute atomic E-state index is 12.4. The summed E-state index contributed by atoms with van der Waals surface area (Å²) in [6, 6.07) is 2.19. The molecule has 0 aromatic carbocycles. The third-order valence-electron chi connectivity index (χ3n) is 4.45. The first-order chi connectivity index (χ1) is 10.2. The van der Waals surface area contributed by atoms with E-state index in [0.29, 0.717) is 5.69 Å². The quantitative estimate of drug-likeness (QED) is 0.771. The zero-order chi connectivity index (χ0) is 14.4. The van der Waals surface area contributed by atoms with Crippen molar-refractivity contribution in [2.24, 2.45) is 5.92 Å². The van der Waals surface area contributed by atoms with Gasteiger partial charge in [-0.05, 0) is 54.0 Å². The van der Waals surface area contributed by atoms with Gasteiger partial charge in [0.1, 0.15) is 5.69 Å². The van der Waals surface area contributed by atoms with Crippen LogP contribution in [0, 0.1) is 9.49 Å². The Bertz CT molecular complexity index is 689. The normalized spacial score (nSPS) is 28.0. The number of nitrogens with zero attached hydrogens (tertiary/aromatic N) is 2. The molecule has 1 amide bonds. The number of nitrogens with one attached hydrogen (secondary N) is 1. The zero-order valence-corrected chi connectivity index (χ0v) is 14.5. The maximum atomic E-state index is 12.4. The predicted octanol–water partition coefficient (Wildman–Crippen LogP) is 2.72. The molecule has 2 aliphatic heterocycles. The Hall–Kier alpha value is -0.730. The molecule has 0 spiro atoms. The molecule has 110 valence electrons. The zero-order valence-electron chi connectivity index (χ0n) is 11.5. The van der Waals surface area contributed by atoms with Crippen LogP contribution < -0.4 is 5.32 Å². The fourth-order valence-electron chi connectivity index (χ4n) is 3.45. The summed E-state index contributed by atoms with van der Waals surface area (Å²) in [6.07, 6.45) is 4.20. The minimum atomic E-state index is -0.0357. The molecule has 2 aromatic rings. The van der Waals surface area contributed by atoms with Gasteiger partial charge in [-0.25, -0.2) is 4.98 Å². The summed E-state index contributed by atoms with van der Waals surface area (Å²) in [6.45, 7) is 3.39. The Morgan fingerprint density at radius 1 is 1.48 bits per heavy atom. The van der Waals surface area contributed by atoms with Crippen LogP contribution in [0.25, 0.3) is 10.1 Å². The Balaban J connectivity index is 1.52. The van der Waals surface area contributed by atoms with E-state index in [1.54, 1.807) is 11.3 Å². The van der Waals surface area contributed by atoms with Gasteiger partial charge in [0.2, 0.25) is 0 Å². The van der Waals surface area contributed by atoms with Crippen molar-refractivity contribution in [1.29, 1.82) is 0 Å². The second kappa shape index (κ2) is 5.48. The number of thiophene rings is 1. The number of fused-ring (bicyclic) bond motifs is 3. The molecule has 1 N–H and O–H groups in total. The molecule has 0 radical (unpaired) electrons. The molecule has 0 aliphatic carbocycles. The summed E-state index contributed by atoms with van der Waals surface area (Å²) in [5, 5.41) is 6.40. The minimum Gasteiger partial charge on any atom is -0.347 e. The van der Waals surface area contributed by atoms with E-state index in [4.69, 9.17) is 0 Å². The fourth-order valence-corrected chi connectivity index (χ4v) is 5.23. The van der Waals surface area contributed by atoms with Gasteiger partial charge in [-0.1, -0.05) is 0 Å². The highest BCUT2D eigenvalue weighted by molar-refractivity contribution is 14.1. The molecule has 6 heteroatoms. The first-order valence-corrected chi connectivity index (χ1v) is 9.21. The molecule has 3 atom stereocenters. The molecular formula is C15H16IN3OS. The minimum absolute atomic E-state index is 0.0357. The molecule has 21 heavy (non-hydrogen) atoms. The first kappa shape index (κ1) is 13.9. The molecule has 2 fully saturated rings. The average molecular weight is 413 g/mol. The van der Waals surface area contributed by atoms with Crippen molar-refractivity contribution < 1.29 is 4.79 Å². The van der Waals surface area contributed by atoms with Crippen molar-refractivity contribution in [3.05, 3.63) is 26.9 Å². The molecule has 2 aliphatic rings. The van der Waals surface area contributed by atoms with E-state index in [-0.39, 0.29) is 11.9 Å². The maximum Gasteiger partial charge on any atom is 0.270 e. The number of hydrogen-bond donors (Lipinski definition) is 1. The van der Waals surface area contributed by atoms with Crippen LogP contribution in [0.15, 0.2) is 17.6 Å². The van der Waals surface area contributed by atoms with E-state index in [0.717, 1.165) is 29.0 Å². The van der Waals surface area contributed by atoms with Gasteiger partial charge in [-0.2, -0.15) is 0 Å². The largest absolute Gasteiger partial charge is 0.347 e. The van der Waals surface area contributed by atoms with Gasteiger partial charge >= 0.3 is 0 Å². The number of hydrogen-bond acceptors (Lipinski definition) is 4. The second-order valence-corrected chi connectivity index (χ2v) is 8.04. The Morgan fingerprint density at radius 2 is 2.38 bits per heavy atom. The van der Waals surface area contributed by atoms with E-state index < -0.39 is 0 Å². The topological polar surface area (TPSA) is 45.2 Å². The smallest absolute Gasteiger partial charge is 0.270 e. The summed E-state index contributed by atoms with van der Waals surface area (Å²) in [7, 11) is 0. The lowest BCUT2D eigenvalue weighted by Gasteiger charge is -2.30. The molecule has 2 aromatic heterocycles. The average Bonchev–Trinajstić information content (AvgIpc) is 3.02. The van der Waals surface area contributed by atoms with Gasteiger partial charge in [0.05, 0.1) is 4.70 Å². The van der Waals surface area contributed by atoms with Crippen LogP contribution >= 0.6 is 33.9 Å². The molecular weight excluding hydrogens is 397 g/mol. The van der Waals surface area contributed by atoms with Crippen LogP contribution in [0.3, 0.4) is 0 Å². The fraction of sp³-hybridized carbons (Fsp3) is 0.467. The summed E-state index contributed by atoms with van der Waals surface area (Å²) in [5.74, 6) is 0.726. The number of rotatable bonds is 2. The van der Waals surface area contributed by atoms with Crippen LogP contribution in [0.1, 0.15) is 23.3 Å². The summed E-state index contributed by atoms with van der Waals surface area (Å²) >= 11 is 3.98.